The van der Waals surface area contributed by atoms with Crippen molar-refractivity contribution in [1.82, 2.24) is 10.3 Å². The van der Waals surface area contributed by atoms with Gasteiger partial charge < -0.3 is 24.8 Å². The summed E-state index contributed by atoms with van der Waals surface area (Å²) < 4.78 is 17.4. The van der Waals surface area contributed by atoms with Gasteiger partial charge >= 0.3 is 0 Å². The second-order valence-corrected chi connectivity index (χ2v) is 7.00. The fourth-order valence-corrected chi connectivity index (χ4v) is 3.15. The van der Waals surface area contributed by atoms with Crippen molar-refractivity contribution in [2.75, 3.05) is 25.6 Å². The number of aromatic nitrogens is 1. The number of hydrogen-bond donors (Lipinski definition) is 2. The van der Waals surface area contributed by atoms with E-state index in [0.29, 0.717) is 38.2 Å². The second kappa shape index (κ2) is 12.1. The van der Waals surface area contributed by atoms with Crippen LogP contribution in [0.15, 0.2) is 71.9 Å². The zero-order valence-electron chi connectivity index (χ0n) is 17.9. The third-order valence-corrected chi connectivity index (χ3v) is 4.75. The number of hydrogen-bond acceptors (Lipinski definition) is 5. The highest BCUT2D eigenvalue weighted by Gasteiger charge is 2.12. The first kappa shape index (κ1) is 23.6. The van der Waals surface area contributed by atoms with Gasteiger partial charge in [-0.25, -0.2) is 4.98 Å². The summed E-state index contributed by atoms with van der Waals surface area (Å²) in [5.41, 5.74) is 2.91. The Labute approximate surface area is 205 Å². The van der Waals surface area contributed by atoms with E-state index in [9.17, 15) is 0 Å². The minimum atomic E-state index is 0. The van der Waals surface area contributed by atoms with E-state index in [1.807, 2.05) is 60.7 Å². The van der Waals surface area contributed by atoms with Gasteiger partial charge in [0.2, 0.25) is 5.88 Å². The van der Waals surface area contributed by atoms with E-state index >= 15 is 0 Å². The van der Waals surface area contributed by atoms with Gasteiger partial charge in [0, 0.05) is 43.5 Å². The smallest absolute Gasteiger partial charge is 0.218 e. The van der Waals surface area contributed by atoms with E-state index in [1.165, 1.54) is 0 Å². The van der Waals surface area contributed by atoms with Crippen molar-refractivity contribution in [3.05, 3.63) is 78.0 Å². The molecule has 8 heteroatoms. The van der Waals surface area contributed by atoms with Gasteiger partial charge in [-0.1, -0.05) is 36.4 Å². The van der Waals surface area contributed by atoms with Crippen LogP contribution >= 0.6 is 24.0 Å². The Bertz CT molecular complexity index is 1030. The fraction of sp³-hybridized carbons (Fsp3) is 0.250. The van der Waals surface area contributed by atoms with E-state index in [1.54, 1.807) is 13.2 Å². The van der Waals surface area contributed by atoms with Gasteiger partial charge in [0.25, 0.3) is 0 Å². The highest BCUT2D eigenvalue weighted by molar-refractivity contribution is 14.0. The predicted molar refractivity (Wildman–Crippen MR) is 136 cm³/mol. The van der Waals surface area contributed by atoms with E-state index < -0.39 is 0 Å². The molecule has 1 aliphatic rings. The molecular weight excluding hydrogens is 519 g/mol. The molecule has 0 bridgehead atoms. The molecule has 0 saturated heterocycles. The lowest BCUT2D eigenvalue weighted by molar-refractivity contribution is 0.290. The Hall–Kier alpha value is -3.01. The molecule has 0 atom stereocenters. The van der Waals surface area contributed by atoms with Crippen molar-refractivity contribution < 1.29 is 14.2 Å². The van der Waals surface area contributed by atoms with Crippen molar-refractivity contribution in [2.45, 2.75) is 19.6 Å². The molecule has 0 spiro atoms. The standard InChI is InChI=1S/C24H26N4O3.HI/c1-25-24(28-20-10-11-21-22(15-20)30-14-6-13-29-21)27-16-19-9-5-12-26-23(19)31-17-18-7-3-2-4-8-18;/h2-5,7-12,15H,6,13-14,16-17H2,1H3,(H2,25,27,28);1H. The molecule has 4 rings (SSSR count). The zero-order chi connectivity index (χ0) is 21.3. The molecule has 0 amide bonds. The van der Waals surface area contributed by atoms with Crippen molar-refractivity contribution in [3.63, 3.8) is 0 Å². The van der Waals surface area contributed by atoms with Crippen LogP contribution in [0.25, 0.3) is 0 Å². The maximum Gasteiger partial charge on any atom is 0.218 e. The van der Waals surface area contributed by atoms with E-state index in [0.717, 1.165) is 34.7 Å². The van der Waals surface area contributed by atoms with E-state index in [-0.39, 0.29) is 24.0 Å². The van der Waals surface area contributed by atoms with Crippen LogP contribution in [0.3, 0.4) is 0 Å². The lowest BCUT2D eigenvalue weighted by Crippen LogP contribution is -2.30. The predicted octanol–water partition coefficient (Wildman–Crippen LogP) is 4.63. The summed E-state index contributed by atoms with van der Waals surface area (Å²) in [7, 11) is 1.73. The van der Waals surface area contributed by atoms with Crippen molar-refractivity contribution in [2.24, 2.45) is 4.99 Å². The molecule has 2 aromatic carbocycles. The van der Waals surface area contributed by atoms with Gasteiger partial charge in [-0.05, 0) is 23.8 Å². The maximum absolute atomic E-state index is 5.94. The summed E-state index contributed by atoms with van der Waals surface area (Å²) in [5.74, 6) is 2.74. The molecule has 3 aromatic rings. The Morgan fingerprint density at radius 3 is 2.66 bits per heavy atom. The first-order valence-corrected chi connectivity index (χ1v) is 10.3. The second-order valence-electron chi connectivity index (χ2n) is 7.00. The molecule has 32 heavy (non-hydrogen) atoms. The number of ether oxygens (including phenoxy) is 3. The average Bonchev–Trinajstić information content (AvgIpc) is 3.06. The molecule has 2 N–H and O–H groups in total. The number of nitrogens with one attached hydrogen (secondary N) is 2. The number of aliphatic imine (C=N–C) groups is 1. The molecule has 0 fully saturated rings. The molecule has 0 saturated carbocycles. The van der Waals surface area contributed by atoms with Crippen LogP contribution in [0.4, 0.5) is 5.69 Å². The van der Waals surface area contributed by atoms with Crippen LogP contribution < -0.4 is 24.8 Å². The number of guanidine groups is 1. The first-order chi connectivity index (χ1) is 15.3. The Morgan fingerprint density at radius 1 is 1.03 bits per heavy atom. The highest BCUT2D eigenvalue weighted by atomic mass is 127. The maximum atomic E-state index is 5.94. The molecule has 0 aliphatic carbocycles. The van der Waals surface area contributed by atoms with Crippen molar-refractivity contribution in [1.29, 1.82) is 0 Å². The molecular formula is C24H27IN4O3. The number of halogens is 1. The van der Waals surface area contributed by atoms with Gasteiger partial charge in [-0.3, -0.25) is 4.99 Å². The lowest BCUT2D eigenvalue weighted by Gasteiger charge is -2.15. The third-order valence-electron chi connectivity index (χ3n) is 4.75. The van der Waals surface area contributed by atoms with Crippen LogP contribution in [0.1, 0.15) is 17.5 Å². The number of nitrogens with zero attached hydrogens (tertiary/aromatic N) is 2. The normalized spacial score (nSPS) is 12.8. The highest BCUT2D eigenvalue weighted by Crippen LogP contribution is 2.32. The number of pyridine rings is 1. The Balaban J connectivity index is 0.00000289. The molecule has 1 aromatic heterocycles. The topological polar surface area (TPSA) is 77.0 Å². The minimum Gasteiger partial charge on any atom is -0.490 e. The number of fused-ring (bicyclic) bond motifs is 1. The summed E-state index contributed by atoms with van der Waals surface area (Å²) >= 11 is 0. The van der Waals surface area contributed by atoms with Gasteiger partial charge in [0.05, 0.1) is 13.2 Å². The summed E-state index contributed by atoms with van der Waals surface area (Å²) in [6.07, 6.45) is 2.61. The van der Waals surface area contributed by atoms with Crippen LogP contribution in [-0.4, -0.2) is 31.2 Å². The van der Waals surface area contributed by atoms with Crippen LogP contribution in [0.5, 0.6) is 17.4 Å². The fourth-order valence-electron chi connectivity index (χ4n) is 3.15. The van der Waals surface area contributed by atoms with Gasteiger partial charge in [0.1, 0.15) is 6.61 Å². The van der Waals surface area contributed by atoms with Gasteiger partial charge in [0.15, 0.2) is 17.5 Å². The van der Waals surface area contributed by atoms with E-state index in [2.05, 4.69) is 20.6 Å². The quantitative estimate of drug-likeness (QED) is 0.267. The van der Waals surface area contributed by atoms with Gasteiger partial charge in [-0.2, -0.15) is 0 Å². The summed E-state index contributed by atoms with van der Waals surface area (Å²) in [4.78, 5) is 8.70. The summed E-state index contributed by atoms with van der Waals surface area (Å²) in [5, 5.41) is 6.60. The van der Waals surface area contributed by atoms with Crippen LogP contribution in [-0.2, 0) is 13.2 Å². The summed E-state index contributed by atoms with van der Waals surface area (Å²) in [6, 6.07) is 19.7. The lowest BCUT2D eigenvalue weighted by atomic mass is 10.2. The molecule has 0 radical (unpaired) electrons. The van der Waals surface area contributed by atoms with Crippen LogP contribution in [0.2, 0.25) is 0 Å². The third kappa shape index (κ3) is 6.49. The molecule has 7 nitrogen and oxygen atoms in total. The number of rotatable bonds is 6. The largest absolute Gasteiger partial charge is 0.490 e. The van der Waals surface area contributed by atoms with E-state index in [4.69, 9.17) is 14.2 Å². The van der Waals surface area contributed by atoms with Crippen molar-refractivity contribution >= 4 is 35.6 Å². The SMILES string of the molecule is CN=C(NCc1cccnc1OCc1ccccc1)Nc1ccc2c(c1)OCCCO2.I. The molecule has 1 aliphatic heterocycles. The molecule has 2 heterocycles. The number of anilines is 1. The number of benzene rings is 2. The Kier molecular flexibility index (Phi) is 8.97. The molecule has 168 valence electrons. The monoisotopic (exact) mass is 546 g/mol. The zero-order valence-corrected chi connectivity index (χ0v) is 20.2. The van der Waals surface area contributed by atoms with Crippen LogP contribution in [0, 0.1) is 0 Å². The summed E-state index contributed by atoms with van der Waals surface area (Å²) in [6.45, 7) is 2.30. The van der Waals surface area contributed by atoms with Crippen molar-refractivity contribution in [3.8, 4) is 17.4 Å². The first-order valence-electron chi connectivity index (χ1n) is 10.3. The minimum absolute atomic E-state index is 0. The molecule has 0 unspecified atom stereocenters. The average molecular weight is 546 g/mol. The van der Waals surface area contributed by atoms with Gasteiger partial charge in [-0.15, -0.1) is 24.0 Å². The Morgan fingerprint density at radius 2 is 1.84 bits per heavy atom.